The Hall–Kier alpha value is -0.600. The van der Waals surface area contributed by atoms with Crippen LogP contribution in [0.2, 0.25) is 0 Å². The van der Waals surface area contributed by atoms with Gasteiger partial charge in [0.15, 0.2) is 0 Å². The Labute approximate surface area is 103 Å². The van der Waals surface area contributed by atoms with Gasteiger partial charge in [-0.25, -0.2) is 0 Å². The monoisotopic (exact) mass is 238 g/mol. The molecule has 2 nitrogen and oxygen atoms in total. The zero-order chi connectivity index (χ0) is 11.5. The van der Waals surface area contributed by atoms with E-state index in [2.05, 4.69) is 29.8 Å². The standard InChI is InChI=1S/C13H19ClN2/c1-10-5-12(8-15-7-10)9-16-4-3-11(2)13(16)6-14/h5,7-8,11,13H,3-4,6,9H2,1-2H3. The Morgan fingerprint density at radius 2 is 2.31 bits per heavy atom. The van der Waals surface area contributed by atoms with Crippen LogP contribution in [0.3, 0.4) is 0 Å². The number of aryl methyl sites for hydroxylation is 1. The molecule has 1 aliphatic rings. The summed E-state index contributed by atoms with van der Waals surface area (Å²) in [4.78, 5) is 6.72. The highest BCUT2D eigenvalue weighted by Crippen LogP contribution is 2.26. The zero-order valence-corrected chi connectivity index (χ0v) is 10.7. The molecule has 3 heteroatoms. The Morgan fingerprint density at radius 3 is 3.00 bits per heavy atom. The number of nitrogens with zero attached hydrogens (tertiary/aromatic N) is 2. The maximum Gasteiger partial charge on any atom is 0.0382 e. The second-order valence-electron chi connectivity index (χ2n) is 4.83. The lowest BCUT2D eigenvalue weighted by atomic mass is 10.0. The van der Waals surface area contributed by atoms with Gasteiger partial charge >= 0.3 is 0 Å². The molecule has 16 heavy (non-hydrogen) atoms. The smallest absolute Gasteiger partial charge is 0.0382 e. The highest BCUT2D eigenvalue weighted by atomic mass is 35.5. The minimum atomic E-state index is 0.530. The number of pyridine rings is 1. The summed E-state index contributed by atoms with van der Waals surface area (Å²) in [6.45, 7) is 6.52. The molecular weight excluding hydrogens is 220 g/mol. The van der Waals surface area contributed by atoms with Crippen molar-refractivity contribution in [2.75, 3.05) is 12.4 Å². The number of hydrogen-bond acceptors (Lipinski definition) is 2. The molecule has 0 aromatic carbocycles. The van der Waals surface area contributed by atoms with E-state index in [9.17, 15) is 0 Å². The minimum absolute atomic E-state index is 0.530. The quantitative estimate of drug-likeness (QED) is 0.753. The Morgan fingerprint density at radius 1 is 1.50 bits per heavy atom. The molecule has 1 aromatic heterocycles. The largest absolute Gasteiger partial charge is 0.295 e. The van der Waals surface area contributed by atoms with Crippen molar-refractivity contribution >= 4 is 11.6 Å². The molecular formula is C13H19ClN2. The van der Waals surface area contributed by atoms with Gasteiger partial charge in [0.2, 0.25) is 0 Å². The molecule has 1 aromatic rings. The lowest BCUT2D eigenvalue weighted by Crippen LogP contribution is -2.33. The van der Waals surface area contributed by atoms with Gasteiger partial charge in [-0.3, -0.25) is 9.88 Å². The van der Waals surface area contributed by atoms with Crippen LogP contribution in [0.15, 0.2) is 18.5 Å². The molecule has 0 radical (unpaired) electrons. The number of hydrogen-bond donors (Lipinski definition) is 0. The first-order chi connectivity index (χ1) is 7.70. The molecule has 1 saturated heterocycles. The fourth-order valence-electron chi connectivity index (χ4n) is 2.47. The van der Waals surface area contributed by atoms with E-state index in [-0.39, 0.29) is 0 Å². The molecule has 0 N–H and O–H groups in total. The molecule has 0 bridgehead atoms. The molecule has 2 rings (SSSR count). The molecule has 1 aliphatic heterocycles. The first-order valence-electron chi connectivity index (χ1n) is 5.91. The van der Waals surface area contributed by atoms with E-state index in [1.165, 1.54) is 17.5 Å². The number of alkyl halides is 1. The van der Waals surface area contributed by atoms with E-state index >= 15 is 0 Å². The normalized spacial score (nSPS) is 26.2. The lowest BCUT2D eigenvalue weighted by molar-refractivity contribution is 0.242. The summed E-state index contributed by atoms with van der Waals surface area (Å²) in [5.41, 5.74) is 2.52. The SMILES string of the molecule is Cc1cncc(CN2CCC(C)C2CCl)c1. The van der Waals surface area contributed by atoms with Crippen LogP contribution in [0.5, 0.6) is 0 Å². The van der Waals surface area contributed by atoms with Gasteiger partial charge in [0, 0.05) is 30.9 Å². The molecule has 0 amide bonds. The number of rotatable bonds is 3. The average Bonchev–Trinajstić information content (AvgIpc) is 2.59. The Balaban J connectivity index is 2.04. The number of likely N-dealkylation sites (tertiary alicyclic amines) is 1. The third kappa shape index (κ3) is 2.55. The summed E-state index contributed by atoms with van der Waals surface area (Å²) < 4.78 is 0. The fourth-order valence-corrected chi connectivity index (χ4v) is 2.97. The summed E-state index contributed by atoms with van der Waals surface area (Å²) in [6, 6.07) is 2.74. The maximum absolute atomic E-state index is 6.04. The zero-order valence-electron chi connectivity index (χ0n) is 9.99. The van der Waals surface area contributed by atoms with E-state index in [0.29, 0.717) is 6.04 Å². The Kier molecular flexibility index (Phi) is 3.82. The molecule has 0 spiro atoms. The molecule has 2 atom stereocenters. The van der Waals surface area contributed by atoms with Crippen LogP contribution in [-0.2, 0) is 6.54 Å². The van der Waals surface area contributed by atoms with Crippen LogP contribution in [0, 0.1) is 12.8 Å². The molecule has 2 heterocycles. The van der Waals surface area contributed by atoms with E-state index < -0.39 is 0 Å². The van der Waals surface area contributed by atoms with Gasteiger partial charge in [-0.2, -0.15) is 0 Å². The van der Waals surface area contributed by atoms with Crippen molar-refractivity contribution in [1.29, 1.82) is 0 Å². The van der Waals surface area contributed by atoms with E-state index in [1.807, 2.05) is 12.4 Å². The molecule has 88 valence electrons. The van der Waals surface area contributed by atoms with Crippen LogP contribution in [0.25, 0.3) is 0 Å². The highest BCUT2D eigenvalue weighted by molar-refractivity contribution is 6.18. The van der Waals surface area contributed by atoms with E-state index in [0.717, 1.165) is 24.9 Å². The van der Waals surface area contributed by atoms with Crippen molar-refractivity contribution in [3.8, 4) is 0 Å². The minimum Gasteiger partial charge on any atom is -0.295 e. The predicted octanol–water partition coefficient (Wildman–Crippen LogP) is 2.84. The van der Waals surface area contributed by atoms with Gasteiger partial charge in [0.1, 0.15) is 0 Å². The van der Waals surface area contributed by atoms with Gasteiger partial charge in [-0.15, -0.1) is 11.6 Å². The second kappa shape index (κ2) is 5.15. The van der Waals surface area contributed by atoms with Crippen molar-refractivity contribution in [3.05, 3.63) is 29.6 Å². The topological polar surface area (TPSA) is 16.1 Å². The van der Waals surface area contributed by atoms with Crippen molar-refractivity contribution in [2.24, 2.45) is 5.92 Å². The molecule has 0 aliphatic carbocycles. The molecule has 2 unspecified atom stereocenters. The summed E-state index contributed by atoms with van der Waals surface area (Å²) in [7, 11) is 0. The van der Waals surface area contributed by atoms with E-state index in [4.69, 9.17) is 11.6 Å². The number of aromatic nitrogens is 1. The average molecular weight is 239 g/mol. The van der Waals surface area contributed by atoms with Gasteiger partial charge in [-0.1, -0.05) is 13.0 Å². The van der Waals surface area contributed by atoms with Crippen molar-refractivity contribution < 1.29 is 0 Å². The van der Waals surface area contributed by atoms with Crippen molar-refractivity contribution in [3.63, 3.8) is 0 Å². The van der Waals surface area contributed by atoms with Crippen LogP contribution < -0.4 is 0 Å². The summed E-state index contributed by atoms with van der Waals surface area (Å²) in [5.74, 6) is 1.45. The van der Waals surface area contributed by atoms with E-state index in [1.54, 1.807) is 0 Å². The lowest BCUT2D eigenvalue weighted by Gasteiger charge is -2.24. The Bertz CT molecular complexity index is 354. The highest BCUT2D eigenvalue weighted by Gasteiger charge is 2.30. The number of halogens is 1. The first kappa shape index (κ1) is 11.9. The second-order valence-corrected chi connectivity index (χ2v) is 5.14. The van der Waals surface area contributed by atoms with Crippen LogP contribution in [-0.4, -0.2) is 28.4 Å². The van der Waals surface area contributed by atoms with Gasteiger partial charge in [0.25, 0.3) is 0 Å². The van der Waals surface area contributed by atoms with Crippen LogP contribution in [0.1, 0.15) is 24.5 Å². The third-order valence-electron chi connectivity index (χ3n) is 3.47. The summed E-state index contributed by atoms with van der Waals surface area (Å²) >= 11 is 6.04. The third-order valence-corrected chi connectivity index (χ3v) is 3.79. The first-order valence-corrected chi connectivity index (χ1v) is 6.44. The van der Waals surface area contributed by atoms with Crippen LogP contribution in [0.4, 0.5) is 0 Å². The van der Waals surface area contributed by atoms with Gasteiger partial charge in [0.05, 0.1) is 0 Å². The maximum atomic E-state index is 6.04. The molecule has 1 fully saturated rings. The van der Waals surface area contributed by atoms with Gasteiger partial charge in [-0.05, 0) is 36.9 Å². The fraction of sp³-hybridized carbons (Fsp3) is 0.615. The van der Waals surface area contributed by atoms with Crippen molar-refractivity contribution in [1.82, 2.24) is 9.88 Å². The molecule has 0 saturated carbocycles. The summed E-state index contributed by atoms with van der Waals surface area (Å²) in [5, 5.41) is 0. The predicted molar refractivity (Wildman–Crippen MR) is 67.7 cm³/mol. The van der Waals surface area contributed by atoms with Crippen LogP contribution >= 0.6 is 11.6 Å². The van der Waals surface area contributed by atoms with Crippen molar-refractivity contribution in [2.45, 2.75) is 32.9 Å². The van der Waals surface area contributed by atoms with Gasteiger partial charge < -0.3 is 0 Å². The summed E-state index contributed by atoms with van der Waals surface area (Å²) in [6.07, 6.45) is 5.12.